The van der Waals surface area contributed by atoms with Gasteiger partial charge in [-0.05, 0) is 61.3 Å². The molecule has 0 radical (unpaired) electrons. The maximum Gasteiger partial charge on any atom is 0.342 e. The predicted octanol–water partition coefficient (Wildman–Crippen LogP) is 7.32. The molecular formula is C29H43ClN6O7P2. The van der Waals surface area contributed by atoms with Gasteiger partial charge < -0.3 is 27.7 Å². The zero-order valence-corrected chi connectivity index (χ0v) is 28.9. The van der Waals surface area contributed by atoms with E-state index in [4.69, 9.17) is 34.4 Å². The van der Waals surface area contributed by atoms with Gasteiger partial charge in [0.1, 0.15) is 0 Å². The Balaban J connectivity index is 1.25. The maximum absolute atomic E-state index is 13.5. The summed E-state index contributed by atoms with van der Waals surface area (Å²) in [6, 6.07) is 8.55. The fourth-order valence-electron chi connectivity index (χ4n) is 5.68. The standard InChI is InChI=1S/C29H43ClN6O7P2/c1-5-7-17-40-45(38,41-18-8-6-2)20-44(37,39-4)42-19-22-14-16-25(43-22)36-28-26(33-34-36)27(31-29(30)32-28)35(3)24-15-13-21-11-9-10-12-23(21)24/h9-12,22,24-25H,5-8,13-20H2,1-4H3/t22-,24-,25+,44?/m0/s1. The van der Waals surface area contributed by atoms with Gasteiger partial charge in [0, 0.05) is 14.2 Å². The molecule has 1 saturated heterocycles. The zero-order valence-electron chi connectivity index (χ0n) is 26.3. The van der Waals surface area contributed by atoms with E-state index < -0.39 is 33.4 Å². The molecule has 0 N–H and O–H groups in total. The molecule has 1 unspecified atom stereocenters. The highest BCUT2D eigenvalue weighted by molar-refractivity contribution is 7.71. The monoisotopic (exact) mass is 684 g/mol. The van der Waals surface area contributed by atoms with Crippen LogP contribution in [0.3, 0.4) is 0 Å². The third-order valence-electron chi connectivity index (χ3n) is 8.19. The van der Waals surface area contributed by atoms with E-state index in [2.05, 4.69) is 43.4 Å². The van der Waals surface area contributed by atoms with Gasteiger partial charge in [-0.3, -0.25) is 9.13 Å². The zero-order chi connectivity index (χ0) is 32.0. The van der Waals surface area contributed by atoms with Gasteiger partial charge in [0.05, 0.1) is 32.0 Å². The molecule has 3 aromatic rings. The van der Waals surface area contributed by atoms with Crippen LogP contribution in [0.5, 0.6) is 0 Å². The summed E-state index contributed by atoms with van der Waals surface area (Å²) in [5.41, 5.74) is 3.59. The molecular weight excluding hydrogens is 642 g/mol. The Bertz CT molecular complexity index is 1530. The van der Waals surface area contributed by atoms with Crippen molar-refractivity contribution in [2.75, 3.05) is 44.8 Å². The number of aromatic nitrogens is 5. The van der Waals surface area contributed by atoms with E-state index in [9.17, 15) is 9.13 Å². The van der Waals surface area contributed by atoms with Gasteiger partial charge in [-0.25, -0.2) is 0 Å². The molecule has 2 aliphatic rings. The van der Waals surface area contributed by atoms with Crippen LogP contribution in [0.2, 0.25) is 5.28 Å². The third-order valence-corrected chi connectivity index (χ3v) is 13.4. The molecule has 4 atom stereocenters. The van der Waals surface area contributed by atoms with E-state index in [1.165, 1.54) is 18.2 Å². The number of anilines is 1. The average molecular weight is 685 g/mol. The van der Waals surface area contributed by atoms with E-state index in [0.29, 0.717) is 42.7 Å². The van der Waals surface area contributed by atoms with Crippen molar-refractivity contribution >= 4 is 43.8 Å². The van der Waals surface area contributed by atoms with Crippen LogP contribution in [0.4, 0.5) is 5.82 Å². The molecule has 0 bridgehead atoms. The predicted molar refractivity (Wildman–Crippen MR) is 172 cm³/mol. The quantitative estimate of drug-likeness (QED) is 0.0799. The Kier molecular flexibility index (Phi) is 11.7. The first-order chi connectivity index (χ1) is 21.7. The van der Waals surface area contributed by atoms with Crippen molar-refractivity contribution in [1.82, 2.24) is 25.0 Å². The number of hydrogen-bond donors (Lipinski definition) is 0. The largest absolute Gasteiger partial charge is 0.351 e. The Morgan fingerprint density at radius 1 is 1.02 bits per heavy atom. The van der Waals surface area contributed by atoms with Crippen molar-refractivity contribution in [1.29, 1.82) is 0 Å². The van der Waals surface area contributed by atoms with Crippen LogP contribution in [0.15, 0.2) is 24.3 Å². The summed E-state index contributed by atoms with van der Waals surface area (Å²) in [4.78, 5) is 11.1. The molecule has 248 valence electrons. The lowest BCUT2D eigenvalue weighted by Crippen LogP contribution is -2.24. The molecule has 1 aliphatic heterocycles. The molecule has 1 aliphatic carbocycles. The van der Waals surface area contributed by atoms with Crippen LogP contribution in [-0.4, -0.2) is 70.9 Å². The summed E-state index contributed by atoms with van der Waals surface area (Å²) >= 11 is 6.42. The van der Waals surface area contributed by atoms with E-state index in [1.54, 1.807) is 4.68 Å². The van der Waals surface area contributed by atoms with E-state index in [-0.39, 0.29) is 31.1 Å². The number of nitrogens with zero attached hydrogens (tertiary/aromatic N) is 6. The van der Waals surface area contributed by atoms with E-state index >= 15 is 0 Å². The van der Waals surface area contributed by atoms with Gasteiger partial charge in [-0.2, -0.15) is 14.6 Å². The summed E-state index contributed by atoms with van der Waals surface area (Å²) < 4.78 is 57.1. The molecule has 3 heterocycles. The molecule has 0 saturated carbocycles. The molecule has 0 amide bonds. The number of fused-ring (bicyclic) bond motifs is 2. The van der Waals surface area contributed by atoms with Gasteiger partial charge in [0.2, 0.25) is 5.28 Å². The van der Waals surface area contributed by atoms with Crippen LogP contribution in [0, 0.1) is 0 Å². The SMILES string of the molecule is CCCCOP(=O)(CP(=O)(OC)OC[C@@H]1CC[C@H](n2nnc3c(N(C)[C@H]4CCc5ccccc54)nc(Cl)nc32)O1)OCCCC. The fourth-order valence-corrected chi connectivity index (χ4v) is 10.4. The topological polar surface area (TPSA) is 140 Å². The van der Waals surface area contributed by atoms with Crippen LogP contribution in [0.25, 0.3) is 11.2 Å². The molecule has 45 heavy (non-hydrogen) atoms. The second-order valence-corrected chi connectivity index (χ2v) is 16.4. The smallest absolute Gasteiger partial charge is 0.342 e. The molecule has 2 aromatic heterocycles. The fraction of sp³-hybridized carbons (Fsp3) is 0.655. The minimum absolute atomic E-state index is 0.0387. The van der Waals surface area contributed by atoms with Crippen LogP contribution >= 0.6 is 26.8 Å². The molecule has 1 aromatic carbocycles. The highest BCUT2D eigenvalue weighted by Crippen LogP contribution is 2.64. The molecule has 0 spiro atoms. The second kappa shape index (κ2) is 15.3. The number of aryl methyl sites for hydroxylation is 1. The van der Waals surface area contributed by atoms with Gasteiger partial charge >= 0.3 is 15.2 Å². The normalized spacial score (nSPS) is 21.3. The lowest BCUT2D eigenvalue weighted by molar-refractivity contribution is -0.0244. The first-order valence-corrected chi connectivity index (χ1v) is 19.4. The summed E-state index contributed by atoms with van der Waals surface area (Å²) in [7, 11) is -4.27. The lowest BCUT2D eigenvalue weighted by Gasteiger charge is -2.26. The highest BCUT2D eigenvalue weighted by Gasteiger charge is 2.40. The minimum atomic E-state index is -3.82. The van der Waals surface area contributed by atoms with Crippen molar-refractivity contribution < 1.29 is 32.0 Å². The van der Waals surface area contributed by atoms with Gasteiger partial charge in [0.15, 0.2) is 29.1 Å². The maximum atomic E-state index is 13.5. The first kappa shape index (κ1) is 34.4. The van der Waals surface area contributed by atoms with E-state index in [0.717, 1.165) is 25.7 Å². The summed E-state index contributed by atoms with van der Waals surface area (Å²) in [5, 5.41) is 8.89. The van der Waals surface area contributed by atoms with Gasteiger partial charge in [-0.1, -0.05) is 56.2 Å². The number of unbranched alkanes of at least 4 members (excludes halogenated alkanes) is 2. The van der Waals surface area contributed by atoms with Crippen molar-refractivity contribution in [2.24, 2.45) is 0 Å². The Morgan fingerprint density at radius 3 is 2.47 bits per heavy atom. The van der Waals surface area contributed by atoms with Crippen molar-refractivity contribution in [3.8, 4) is 0 Å². The Hall–Kier alpha value is -1.95. The number of ether oxygens (including phenoxy) is 1. The van der Waals surface area contributed by atoms with E-state index in [1.807, 2.05) is 27.0 Å². The minimum Gasteiger partial charge on any atom is -0.351 e. The average Bonchev–Trinajstić information content (AvgIpc) is 3.78. The summed E-state index contributed by atoms with van der Waals surface area (Å²) in [5.74, 6) is 0.133. The van der Waals surface area contributed by atoms with Gasteiger partial charge in [0.25, 0.3) is 0 Å². The highest BCUT2D eigenvalue weighted by atomic mass is 35.5. The molecule has 13 nitrogen and oxygen atoms in total. The van der Waals surface area contributed by atoms with Crippen molar-refractivity contribution in [3.63, 3.8) is 0 Å². The Morgan fingerprint density at radius 2 is 1.76 bits per heavy atom. The van der Waals surface area contributed by atoms with Gasteiger partial charge in [-0.15, -0.1) is 5.10 Å². The molecule has 1 fully saturated rings. The molecule has 16 heteroatoms. The number of halogens is 1. The van der Waals surface area contributed by atoms with Crippen LogP contribution < -0.4 is 4.90 Å². The second-order valence-electron chi connectivity index (χ2n) is 11.4. The lowest BCUT2D eigenvalue weighted by atomic mass is 10.1. The van der Waals surface area contributed by atoms with Crippen LogP contribution in [0.1, 0.15) is 82.2 Å². The summed E-state index contributed by atoms with van der Waals surface area (Å²) in [6.45, 7) is 4.44. The summed E-state index contributed by atoms with van der Waals surface area (Å²) in [6.07, 6.45) is 5.34. The Labute approximate surface area is 269 Å². The first-order valence-electron chi connectivity index (χ1n) is 15.6. The number of benzene rings is 1. The molecule has 5 rings (SSSR count). The van der Waals surface area contributed by atoms with Crippen molar-refractivity contribution in [2.45, 2.75) is 83.6 Å². The number of hydrogen-bond acceptors (Lipinski definition) is 12. The third kappa shape index (κ3) is 8.14. The number of rotatable bonds is 17. The van der Waals surface area contributed by atoms with Crippen LogP contribution in [-0.2, 0) is 38.4 Å². The van der Waals surface area contributed by atoms with Crippen molar-refractivity contribution in [3.05, 3.63) is 40.7 Å².